The van der Waals surface area contributed by atoms with Gasteiger partial charge in [0.05, 0.1) is 22.1 Å². The van der Waals surface area contributed by atoms with Crippen LogP contribution < -0.4 is 19.7 Å². The molecule has 0 aromatic heterocycles. The zero-order valence-electron chi connectivity index (χ0n) is 22.3. The lowest BCUT2D eigenvalue weighted by molar-refractivity contribution is -0.385. The molecule has 0 bridgehead atoms. The number of allylic oxidation sites excluding steroid dienone is 1. The molecule has 4 amide bonds. The molecule has 0 saturated carbocycles. The summed E-state index contributed by atoms with van der Waals surface area (Å²) < 4.78 is 11.8. The number of carbonyl (C=O) groups is 3. The first-order valence-corrected chi connectivity index (χ1v) is 12.6. The van der Waals surface area contributed by atoms with Crippen molar-refractivity contribution < 1.29 is 33.7 Å². The molecule has 1 N–H and O–H groups in total. The first kappa shape index (κ1) is 29.1. The number of nitro benzene ring substituents is 2. The predicted molar refractivity (Wildman–Crippen MR) is 151 cm³/mol. The van der Waals surface area contributed by atoms with Crippen LogP contribution in [-0.4, -0.2) is 34.3 Å². The SMILES string of the molecule is C=CCc1cc(/C=C2\C(=O)NC(=O)N(c3cccc([N+](=O)[O-])c3)C2=O)cc(OCC)c1OCc1ccc([N+](=O)[O-])cc1. The van der Waals surface area contributed by atoms with Gasteiger partial charge in [-0.05, 0) is 60.9 Å². The Morgan fingerprint density at radius 1 is 0.952 bits per heavy atom. The van der Waals surface area contributed by atoms with E-state index in [2.05, 4.69) is 11.9 Å². The monoisotopic (exact) mass is 572 g/mol. The minimum Gasteiger partial charge on any atom is -0.490 e. The number of ether oxygens (including phenoxy) is 2. The predicted octanol–water partition coefficient (Wildman–Crippen LogP) is 4.88. The van der Waals surface area contributed by atoms with E-state index in [1.54, 1.807) is 37.3 Å². The number of benzene rings is 3. The second-order valence-electron chi connectivity index (χ2n) is 8.88. The van der Waals surface area contributed by atoms with Crippen LogP contribution in [0.1, 0.15) is 23.6 Å². The number of rotatable bonds is 11. The number of amides is 4. The van der Waals surface area contributed by atoms with Crippen LogP contribution in [0.2, 0.25) is 0 Å². The van der Waals surface area contributed by atoms with Gasteiger partial charge in [-0.25, -0.2) is 9.69 Å². The Labute approximate surface area is 239 Å². The van der Waals surface area contributed by atoms with Gasteiger partial charge in [0.25, 0.3) is 23.2 Å². The topological polar surface area (TPSA) is 171 Å². The van der Waals surface area contributed by atoms with Crippen molar-refractivity contribution in [2.24, 2.45) is 0 Å². The zero-order valence-corrected chi connectivity index (χ0v) is 22.3. The summed E-state index contributed by atoms with van der Waals surface area (Å²) >= 11 is 0. The van der Waals surface area contributed by atoms with E-state index in [1.807, 2.05) is 0 Å². The van der Waals surface area contributed by atoms with Crippen molar-refractivity contribution >= 4 is 41.0 Å². The number of carbonyl (C=O) groups excluding carboxylic acids is 3. The molecule has 0 atom stereocenters. The molecular weight excluding hydrogens is 548 g/mol. The molecule has 1 fully saturated rings. The zero-order chi connectivity index (χ0) is 30.4. The van der Waals surface area contributed by atoms with Gasteiger partial charge in [0.2, 0.25) is 0 Å². The first-order valence-electron chi connectivity index (χ1n) is 12.6. The fourth-order valence-corrected chi connectivity index (χ4v) is 4.17. The number of barbiturate groups is 1. The number of non-ortho nitro benzene ring substituents is 2. The van der Waals surface area contributed by atoms with Crippen LogP contribution in [0.25, 0.3) is 6.08 Å². The second-order valence-corrected chi connectivity index (χ2v) is 8.88. The Bertz CT molecular complexity index is 1630. The summed E-state index contributed by atoms with van der Waals surface area (Å²) in [6.07, 6.45) is 3.23. The quantitative estimate of drug-likeness (QED) is 0.111. The number of hydrogen-bond acceptors (Lipinski definition) is 9. The van der Waals surface area contributed by atoms with Gasteiger partial charge in [-0.1, -0.05) is 12.1 Å². The van der Waals surface area contributed by atoms with Crippen LogP contribution in [-0.2, 0) is 22.6 Å². The highest BCUT2D eigenvalue weighted by atomic mass is 16.6. The van der Waals surface area contributed by atoms with E-state index in [9.17, 15) is 34.6 Å². The third-order valence-corrected chi connectivity index (χ3v) is 6.06. The van der Waals surface area contributed by atoms with Gasteiger partial charge in [-0.3, -0.25) is 35.1 Å². The Kier molecular flexibility index (Phi) is 8.71. The van der Waals surface area contributed by atoms with Crippen LogP contribution in [0.4, 0.5) is 21.9 Å². The van der Waals surface area contributed by atoms with Gasteiger partial charge < -0.3 is 9.47 Å². The van der Waals surface area contributed by atoms with Crippen molar-refractivity contribution in [2.75, 3.05) is 11.5 Å². The molecule has 3 aromatic carbocycles. The van der Waals surface area contributed by atoms with Crippen molar-refractivity contribution in [3.8, 4) is 11.5 Å². The van der Waals surface area contributed by atoms with Crippen molar-refractivity contribution in [1.29, 1.82) is 0 Å². The van der Waals surface area contributed by atoms with Gasteiger partial charge in [0, 0.05) is 29.8 Å². The molecule has 1 aliphatic rings. The molecule has 0 radical (unpaired) electrons. The Morgan fingerprint density at radius 3 is 2.31 bits per heavy atom. The van der Waals surface area contributed by atoms with E-state index in [0.29, 0.717) is 39.5 Å². The normalized spacial score (nSPS) is 14.0. The maximum Gasteiger partial charge on any atom is 0.335 e. The van der Waals surface area contributed by atoms with Crippen molar-refractivity contribution in [3.05, 3.63) is 116 Å². The van der Waals surface area contributed by atoms with Gasteiger partial charge in [0.1, 0.15) is 12.2 Å². The summed E-state index contributed by atoms with van der Waals surface area (Å²) in [4.78, 5) is 60.2. The maximum absolute atomic E-state index is 13.3. The lowest BCUT2D eigenvalue weighted by Gasteiger charge is -2.26. The molecule has 0 spiro atoms. The molecule has 1 saturated heterocycles. The molecule has 0 unspecified atom stereocenters. The highest BCUT2D eigenvalue weighted by Crippen LogP contribution is 2.36. The largest absolute Gasteiger partial charge is 0.490 e. The summed E-state index contributed by atoms with van der Waals surface area (Å²) in [6.45, 7) is 5.87. The molecule has 1 heterocycles. The van der Waals surface area contributed by atoms with E-state index < -0.39 is 27.7 Å². The molecular formula is C29H24N4O9. The standard InChI is InChI=1S/C29H24N4O9/c1-3-6-20-13-19(15-25(41-4-2)26(20)42-17-18-9-11-21(12-10-18)32(37)38)14-24-27(34)30-29(36)31(28(24)35)22-7-5-8-23(16-22)33(39)40/h3,5,7-16H,1,4,6,17H2,2H3,(H,30,34,36)/b24-14+. The van der Waals surface area contributed by atoms with Crippen LogP contribution in [0, 0.1) is 20.2 Å². The van der Waals surface area contributed by atoms with E-state index in [1.165, 1.54) is 36.4 Å². The Hall–Kier alpha value is -5.85. The molecule has 0 aliphatic carbocycles. The fourth-order valence-electron chi connectivity index (χ4n) is 4.17. The van der Waals surface area contributed by atoms with E-state index in [-0.39, 0.29) is 35.8 Å². The van der Waals surface area contributed by atoms with Gasteiger partial charge in [-0.2, -0.15) is 0 Å². The number of anilines is 1. The van der Waals surface area contributed by atoms with E-state index in [0.717, 1.165) is 6.07 Å². The number of nitro groups is 2. The van der Waals surface area contributed by atoms with Gasteiger partial charge >= 0.3 is 6.03 Å². The summed E-state index contributed by atoms with van der Waals surface area (Å²) in [6, 6.07) is 13.0. The van der Waals surface area contributed by atoms with Crippen molar-refractivity contribution in [3.63, 3.8) is 0 Å². The molecule has 1 aliphatic heterocycles. The molecule has 4 rings (SSSR count). The molecule has 13 heteroatoms. The minimum atomic E-state index is -1.04. The summed E-state index contributed by atoms with van der Waals surface area (Å²) in [5, 5.41) is 24.2. The highest BCUT2D eigenvalue weighted by Gasteiger charge is 2.37. The average molecular weight is 573 g/mol. The number of nitrogens with zero attached hydrogens (tertiary/aromatic N) is 3. The van der Waals surface area contributed by atoms with E-state index >= 15 is 0 Å². The molecule has 214 valence electrons. The Morgan fingerprint density at radius 2 is 1.67 bits per heavy atom. The lowest BCUT2D eigenvalue weighted by Crippen LogP contribution is -2.54. The summed E-state index contributed by atoms with van der Waals surface area (Å²) in [5.41, 5.74) is 0.815. The van der Waals surface area contributed by atoms with Gasteiger partial charge in [0.15, 0.2) is 11.5 Å². The lowest BCUT2D eigenvalue weighted by atomic mass is 10.0. The van der Waals surface area contributed by atoms with E-state index in [4.69, 9.17) is 9.47 Å². The molecule has 13 nitrogen and oxygen atoms in total. The minimum absolute atomic E-state index is 0.0504. The number of urea groups is 1. The van der Waals surface area contributed by atoms with Crippen LogP contribution in [0.5, 0.6) is 11.5 Å². The number of hydrogen-bond donors (Lipinski definition) is 1. The van der Waals surface area contributed by atoms with Crippen LogP contribution in [0.15, 0.2) is 78.9 Å². The van der Waals surface area contributed by atoms with Crippen molar-refractivity contribution in [1.82, 2.24) is 5.32 Å². The van der Waals surface area contributed by atoms with Crippen LogP contribution in [0.3, 0.4) is 0 Å². The fraction of sp³-hybridized carbons (Fsp3) is 0.138. The third-order valence-electron chi connectivity index (χ3n) is 6.06. The molecule has 3 aromatic rings. The number of imide groups is 2. The maximum atomic E-state index is 13.3. The smallest absolute Gasteiger partial charge is 0.335 e. The average Bonchev–Trinajstić information content (AvgIpc) is 2.95. The van der Waals surface area contributed by atoms with Gasteiger partial charge in [-0.15, -0.1) is 6.58 Å². The van der Waals surface area contributed by atoms with Crippen molar-refractivity contribution in [2.45, 2.75) is 20.0 Å². The highest BCUT2D eigenvalue weighted by molar-refractivity contribution is 6.39. The third kappa shape index (κ3) is 6.31. The molecule has 42 heavy (non-hydrogen) atoms. The summed E-state index contributed by atoms with van der Waals surface area (Å²) in [7, 11) is 0. The first-order chi connectivity index (χ1) is 20.1. The van der Waals surface area contributed by atoms with Crippen LogP contribution >= 0.6 is 0 Å². The second kappa shape index (κ2) is 12.6. The summed E-state index contributed by atoms with van der Waals surface area (Å²) in [5.74, 6) is -1.22. The Balaban J connectivity index is 1.70. The number of nitrogens with one attached hydrogen (secondary N) is 1.